The summed E-state index contributed by atoms with van der Waals surface area (Å²) < 4.78 is 0. The van der Waals surface area contributed by atoms with Crippen LogP contribution < -0.4 is 5.56 Å². The number of unbranched alkanes of at least 4 members (excludes halogenated alkanes) is 1. The molecule has 2 N–H and O–H groups in total. The maximum atomic E-state index is 11.9. The largest absolute Gasteiger partial charge is 0.309 e. The average molecular weight is 248 g/mol. The van der Waals surface area contributed by atoms with Crippen LogP contribution in [0.3, 0.4) is 0 Å². The molecule has 98 valence electrons. The van der Waals surface area contributed by atoms with Gasteiger partial charge in [0.15, 0.2) is 5.52 Å². The summed E-state index contributed by atoms with van der Waals surface area (Å²) in [6.45, 7) is 6.36. The van der Waals surface area contributed by atoms with E-state index in [1.807, 2.05) is 0 Å². The van der Waals surface area contributed by atoms with Crippen LogP contribution in [0.1, 0.15) is 45.1 Å². The maximum absolute atomic E-state index is 11.9. The Labute approximate surface area is 106 Å². The molecule has 0 saturated carbocycles. The number of H-pyrrole nitrogens is 2. The van der Waals surface area contributed by atoms with Gasteiger partial charge in [0.1, 0.15) is 11.3 Å². The van der Waals surface area contributed by atoms with Crippen LogP contribution in [0.25, 0.3) is 11.0 Å². The number of nitrogens with zero attached hydrogens (tertiary/aromatic N) is 2. The molecule has 0 aliphatic heterocycles. The van der Waals surface area contributed by atoms with Gasteiger partial charge in [-0.25, -0.2) is 4.98 Å². The van der Waals surface area contributed by atoms with Crippen LogP contribution in [0.15, 0.2) is 4.79 Å². The minimum Gasteiger partial charge on any atom is -0.309 e. The van der Waals surface area contributed by atoms with E-state index in [1.54, 1.807) is 0 Å². The Bertz CT molecular complexity index is 582. The topological polar surface area (TPSA) is 74.4 Å². The Morgan fingerprint density at radius 3 is 2.72 bits per heavy atom. The molecule has 0 fully saturated rings. The highest BCUT2D eigenvalue weighted by atomic mass is 16.1. The molecule has 0 atom stereocenters. The van der Waals surface area contributed by atoms with Gasteiger partial charge in [-0.2, -0.15) is 5.10 Å². The summed E-state index contributed by atoms with van der Waals surface area (Å²) in [5.74, 6) is 1.22. The van der Waals surface area contributed by atoms with Gasteiger partial charge < -0.3 is 4.98 Å². The summed E-state index contributed by atoms with van der Waals surface area (Å²) in [6, 6.07) is 0. The molecule has 0 radical (unpaired) electrons. The third-order valence-corrected chi connectivity index (χ3v) is 2.91. The number of hydrogen-bond donors (Lipinski definition) is 2. The smallest absolute Gasteiger partial charge is 0.279 e. The van der Waals surface area contributed by atoms with Crippen LogP contribution in [0.4, 0.5) is 0 Å². The van der Waals surface area contributed by atoms with Crippen molar-refractivity contribution in [1.82, 2.24) is 20.2 Å². The zero-order chi connectivity index (χ0) is 13.1. The van der Waals surface area contributed by atoms with Crippen molar-refractivity contribution in [1.29, 1.82) is 0 Å². The second-order valence-electron chi connectivity index (χ2n) is 5.11. The van der Waals surface area contributed by atoms with Gasteiger partial charge in [0.05, 0.1) is 5.69 Å². The van der Waals surface area contributed by atoms with Gasteiger partial charge >= 0.3 is 0 Å². The Kier molecular flexibility index (Phi) is 3.79. The first-order chi connectivity index (χ1) is 8.61. The molecule has 18 heavy (non-hydrogen) atoms. The summed E-state index contributed by atoms with van der Waals surface area (Å²) in [6.07, 6.45) is 3.86. The van der Waals surface area contributed by atoms with E-state index < -0.39 is 0 Å². The second-order valence-corrected chi connectivity index (χ2v) is 5.11. The first kappa shape index (κ1) is 12.8. The van der Waals surface area contributed by atoms with Crippen LogP contribution >= 0.6 is 0 Å². The third kappa shape index (κ3) is 2.60. The lowest BCUT2D eigenvalue weighted by Gasteiger charge is -2.04. The summed E-state index contributed by atoms with van der Waals surface area (Å²) in [5.41, 5.74) is 1.99. The number of aromatic nitrogens is 4. The average Bonchev–Trinajstić information content (AvgIpc) is 2.69. The fourth-order valence-corrected chi connectivity index (χ4v) is 2.02. The Balaban J connectivity index is 2.43. The summed E-state index contributed by atoms with van der Waals surface area (Å²) in [4.78, 5) is 19.2. The molecule has 0 saturated heterocycles. The van der Waals surface area contributed by atoms with E-state index in [1.165, 1.54) is 0 Å². The molecule has 0 unspecified atom stereocenters. The van der Waals surface area contributed by atoms with Crippen LogP contribution in [0.2, 0.25) is 0 Å². The first-order valence-electron chi connectivity index (χ1n) is 6.58. The molecule has 5 heteroatoms. The van der Waals surface area contributed by atoms with Gasteiger partial charge in [0, 0.05) is 6.42 Å². The van der Waals surface area contributed by atoms with Crippen molar-refractivity contribution in [2.45, 2.75) is 46.5 Å². The van der Waals surface area contributed by atoms with Crippen molar-refractivity contribution < 1.29 is 0 Å². The SMILES string of the molecule is CCCCc1[nH]nc2c(=O)[nH]c(CC(C)C)nc12. The number of rotatable bonds is 5. The van der Waals surface area contributed by atoms with Crippen molar-refractivity contribution in [3.63, 3.8) is 0 Å². The molecule has 2 heterocycles. The maximum Gasteiger partial charge on any atom is 0.279 e. The number of hydrogen-bond acceptors (Lipinski definition) is 3. The zero-order valence-electron chi connectivity index (χ0n) is 11.2. The lowest BCUT2D eigenvalue weighted by atomic mass is 10.1. The van der Waals surface area contributed by atoms with E-state index in [0.717, 1.165) is 42.7 Å². The molecule has 5 nitrogen and oxygen atoms in total. The predicted octanol–water partition coefficient (Wildman–Crippen LogP) is 2.19. The second kappa shape index (κ2) is 5.33. The molecule has 0 aromatic carbocycles. The number of aromatic amines is 2. The third-order valence-electron chi connectivity index (χ3n) is 2.91. The Hall–Kier alpha value is -1.65. The standard InChI is InChI=1S/C13H20N4O/c1-4-5-6-9-11-12(17-16-9)13(18)15-10(14-11)7-8(2)3/h8H,4-7H2,1-3H3,(H,16,17)(H,14,15,18). The highest BCUT2D eigenvalue weighted by Gasteiger charge is 2.12. The molecule has 0 aliphatic carbocycles. The molecule has 0 aliphatic rings. The minimum absolute atomic E-state index is 0.144. The van der Waals surface area contributed by atoms with E-state index in [0.29, 0.717) is 11.4 Å². The monoisotopic (exact) mass is 248 g/mol. The van der Waals surface area contributed by atoms with Crippen molar-refractivity contribution in [2.75, 3.05) is 0 Å². The molecule has 0 spiro atoms. The van der Waals surface area contributed by atoms with E-state index in [9.17, 15) is 4.79 Å². The van der Waals surface area contributed by atoms with Crippen LogP contribution in [-0.2, 0) is 12.8 Å². The van der Waals surface area contributed by atoms with Crippen LogP contribution in [0, 0.1) is 5.92 Å². The highest BCUT2D eigenvalue weighted by Crippen LogP contribution is 2.13. The Morgan fingerprint density at radius 1 is 1.28 bits per heavy atom. The van der Waals surface area contributed by atoms with E-state index in [2.05, 4.69) is 40.9 Å². The lowest BCUT2D eigenvalue weighted by molar-refractivity contribution is 0.621. The van der Waals surface area contributed by atoms with Crippen molar-refractivity contribution in [2.24, 2.45) is 5.92 Å². The van der Waals surface area contributed by atoms with Gasteiger partial charge in [-0.05, 0) is 18.8 Å². The van der Waals surface area contributed by atoms with E-state index >= 15 is 0 Å². The zero-order valence-corrected chi connectivity index (χ0v) is 11.2. The minimum atomic E-state index is -0.144. The quantitative estimate of drug-likeness (QED) is 0.851. The number of fused-ring (bicyclic) bond motifs is 1. The van der Waals surface area contributed by atoms with Crippen molar-refractivity contribution in [3.05, 3.63) is 21.9 Å². The van der Waals surface area contributed by atoms with E-state index in [-0.39, 0.29) is 5.56 Å². The molecular formula is C13H20N4O. The van der Waals surface area contributed by atoms with Gasteiger partial charge in [-0.3, -0.25) is 9.89 Å². The summed E-state index contributed by atoms with van der Waals surface area (Å²) >= 11 is 0. The normalized spacial score (nSPS) is 11.6. The summed E-state index contributed by atoms with van der Waals surface area (Å²) in [7, 11) is 0. The van der Waals surface area contributed by atoms with Gasteiger partial charge in [0.2, 0.25) is 0 Å². The van der Waals surface area contributed by atoms with Crippen molar-refractivity contribution in [3.8, 4) is 0 Å². The van der Waals surface area contributed by atoms with Gasteiger partial charge in [-0.1, -0.05) is 27.2 Å². The highest BCUT2D eigenvalue weighted by molar-refractivity contribution is 5.75. The summed E-state index contributed by atoms with van der Waals surface area (Å²) in [5, 5.41) is 7.00. The molecule has 2 aromatic heterocycles. The lowest BCUT2D eigenvalue weighted by Crippen LogP contribution is -2.13. The molecule has 2 rings (SSSR count). The van der Waals surface area contributed by atoms with E-state index in [4.69, 9.17) is 0 Å². The predicted molar refractivity (Wildman–Crippen MR) is 71.7 cm³/mol. The fraction of sp³-hybridized carbons (Fsp3) is 0.615. The molecule has 2 aromatic rings. The number of aryl methyl sites for hydroxylation is 1. The fourth-order valence-electron chi connectivity index (χ4n) is 2.02. The molecular weight excluding hydrogens is 228 g/mol. The first-order valence-corrected chi connectivity index (χ1v) is 6.58. The van der Waals surface area contributed by atoms with Gasteiger partial charge in [0.25, 0.3) is 5.56 Å². The van der Waals surface area contributed by atoms with Crippen LogP contribution in [-0.4, -0.2) is 20.2 Å². The molecule has 0 bridgehead atoms. The van der Waals surface area contributed by atoms with Gasteiger partial charge in [-0.15, -0.1) is 0 Å². The Morgan fingerprint density at radius 2 is 2.06 bits per heavy atom. The molecule has 0 amide bonds. The van der Waals surface area contributed by atoms with Crippen molar-refractivity contribution >= 4 is 11.0 Å². The number of nitrogens with one attached hydrogen (secondary N) is 2. The van der Waals surface area contributed by atoms with Crippen LogP contribution in [0.5, 0.6) is 0 Å².